The van der Waals surface area contributed by atoms with Crippen molar-refractivity contribution in [2.24, 2.45) is 0 Å². The molecule has 0 bridgehead atoms. The molecule has 0 spiro atoms. The monoisotopic (exact) mass is 306 g/mol. The van der Waals surface area contributed by atoms with E-state index < -0.39 is 0 Å². The summed E-state index contributed by atoms with van der Waals surface area (Å²) >= 11 is 0. The number of hydrogen-bond acceptors (Lipinski definition) is 2. The summed E-state index contributed by atoms with van der Waals surface area (Å²) in [6.45, 7) is 5.20. The van der Waals surface area contributed by atoms with E-state index in [1.165, 1.54) is 22.3 Å². The van der Waals surface area contributed by atoms with Gasteiger partial charge in [0.2, 0.25) is 0 Å². The van der Waals surface area contributed by atoms with Crippen molar-refractivity contribution in [3.05, 3.63) is 77.6 Å². The van der Waals surface area contributed by atoms with Gasteiger partial charge in [-0.1, -0.05) is 62.4 Å². The lowest BCUT2D eigenvalue weighted by Crippen LogP contribution is -2.00. The Kier molecular flexibility index (Phi) is 4.58. The van der Waals surface area contributed by atoms with Gasteiger partial charge in [0.1, 0.15) is 0 Å². The van der Waals surface area contributed by atoms with Gasteiger partial charge in [0.05, 0.1) is 19.3 Å². The van der Waals surface area contributed by atoms with Gasteiger partial charge in [-0.2, -0.15) is 5.10 Å². The number of rotatable bonds is 5. The first-order chi connectivity index (χ1) is 11.2. The van der Waals surface area contributed by atoms with Crippen LogP contribution in [0, 0.1) is 0 Å². The summed E-state index contributed by atoms with van der Waals surface area (Å²) in [5.41, 5.74) is 5.96. The van der Waals surface area contributed by atoms with Gasteiger partial charge in [0, 0.05) is 11.8 Å². The molecule has 3 heteroatoms. The molecule has 0 saturated heterocycles. The highest BCUT2D eigenvalue weighted by atomic mass is 16.3. The van der Waals surface area contributed by atoms with Crippen molar-refractivity contribution in [2.75, 3.05) is 0 Å². The summed E-state index contributed by atoms with van der Waals surface area (Å²) in [5.74, 6) is 0.506. The summed E-state index contributed by atoms with van der Waals surface area (Å²) in [6.07, 6.45) is 3.58. The van der Waals surface area contributed by atoms with Crippen molar-refractivity contribution in [1.82, 2.24) is 9.78 Å². The van der Waals surface area contributed by atoms with Crippen LogP contribution in [0.2, 0.25) is 0 Å². The minimum Gasteiger partial charge on any atom is -0.392 e. The zero-order chi connectivity index (χ0) is 16.2. The molecule has 1 N–H and O–H groups in total. The molecule has 23 heavy (non-hydrogen) atoms. The fourth-order valence-electron chi connectivity index (χ4n) is 2.81. The molecule has 3 aromatic rings. The molecule has 3 nitrogen and oxygen atoms in total. The van der Waals surface area contributed by atoms with E-state index in [1.54, 1.807) is 6.20 Å². The van der Waals surface area contributed by atoms with Gasteiger partial charge in [-0.25, -0.2) is 0 Å². The fraction of sp³-hybridized carbons (Fsp3) is 0.250. The zero-order valence-corrected chi connectivity index (χ0v) is 13.6. The maximum absolute atomic E-state index is 9.10. The summed E-state index contributed by atoms with van der Waals surface area (Å²) in [5, 5.41) is 13.4. The number of aliphatic hydroxyl groups is 1. The summed E-state index contributed by atoms with van der Waals surface area (Å²) < 4.78 is 1.85. The van der Waals surface area contributed by atoms with E-state index in [-0.39, 0.29) is 6.61 Å². The second kappa shape index (κ2) is 6.80. The van der Waals surface area contributed by atoms with Gasteiger partial charge < -0.3 is 5.11 Å². The first-order valence-electron chi connectivity index (χ1n) is 7.98. The van der Waals surface area contributed by atoms with Crippen LogP contribution in [0.1, 0.15) is 36.5 Å². The first kappa shape index (κ1) is 15.5. The van der Waals surface area contributed by atoms with Crippen LogP contribution in [-0.2, 0) is 13.2 Å². The molecular weight excluding hydrogens is 284 g/mol. The predicted molar refractivity (Wildman–Crippen MR) is 93.2 cm³/mol. The van der Waals surface area contributed by atoms with Gasteiger partial charge in [-0.15, -0.1) is 0 Å². The Balaban J connectivity index is 1.82. The quantitative estimate of drug-likeness (QED) is 0.766. The number of hydrogen-bond donors (Lipinski definition) is 1. The third-order valence-electron chi connectivity index (χ3n) is 4.06. The molecule has 1 aromatic heterocycles. The number of benzene rings is 2. The average molecular weight is 306 g/mol. The number of aromatic nitrogens is 2. The topological polar surface area (TPSA) is 38.0 Å². The van der Waals surface area contributed by atoms with Gasteiger partial charge in [0.15, 0.2) is 0 Å². The Morgan fingerprint density at radius 3 is 2.39 bits per heavy atom. The Bertz CT molecular complexity index is 772. The predicted octanol–water partition coefficient (Wildman–Crippen LogP) is 4.21. The van der Waals surface area contributed by atoms with Crippen LogP contribution in [0.5, 0.6) is 0 Å². The lowest BCUT2D eigenvalue weighted by atomic mass is 9.92. The van der Waals surface area contributed by atoms with E-state index in [0.29, 0.717) is 12.5 Å². The van der Waals surface area contributed by atoms with E-state index in [0.717, 1.165) is 5.56 Å². The maximum Gasteiger partial charge on any atom is 0.0712 e. The van der Waals surface area contributed by atoms with Crippen LogP contribution < -0.4 is 0 Å². The van der Waals surface area contributed by atoms with Crippen LogP contribution in [0.25, 0.3) is 11.1 Å². The van der Waals surface area contributed by atoms with Crippen molar-refractivity contribution < 1.29 is 5.11 Å². The Morgan fingerprint density at radius 2 is 1.74 bits per heavy atom. The molecule has 0 saturated carbocycles. The zero-order valence-electron chi connectivity index (χ0n) is 13.6. The van der Waals surface area contributed by atoms with Crippen LogP contribution in [0.3, 0.4) is 0 Å². The lowest BCUT2D eigenvalue weighted by molar-refractivity contribution is 0.281. The van der Waals surface area contributed by atoms with E-state index >= 15 is 0 Å². The number of aliphatic hydroxyl groups excluding tert-OH is 1. The minimum atomic E-state index is 0.0327. The molecule has 0 unspecified atom stereocenters. The standard InChI is InChI=1S/C20H22N2O/c1-15(2)19-5-3-4-6-20(19)18-9-7-16(8-10-18)12-22-13-17(14-23)11-21-22/h3-11,13,15,23H,12,14H2,1-2H3. The van der Waals surface area contributed by atoms with E-state index in [9.17, 15) is 0 Å². The average Bonchev–Trinajstić information content (AvgIpc) is 3.03. The highest BCUT2D eigenvalue weighted by Gasteiger charge is 2.08. The van der Waals surface area contributed by atoms with Gasteiger partial charge in [-0.05, 0) is 28.2 Å². The maximum atomic E-state index is 9.10. The third kappa shape index (κ3) is 3.51. The van der Waals surface area contributed by atoms with Crippen molar-refractivity contribution >= 4 is 0 Å². The van der Waals surface area contributed by atoms with Crippen LogP contribution in [0.15, 0.2) is 60.9 Å². The molecular formula is C20H22N2O. The van der Waals surface area contributed by atoms with Crippen molar-refractivity contribution in [3.63, 3.8) is 0 Å². The normalized spacial score (nSPS) is 11.1. The van der Waals surface area contributed by atoms with Crippen LogP contribution in [0.4, 0.5) is 0 Å². The lowest BCUT2D eigenvalue weighted by Gasteiger charge is -2.13. The molecule has 0 atom stereocenters. The van der Waals surface area contributed by atoms with Crippen molar-refractivity contribution in [2.45, 2.75) is 32.9 Å². The van der Waals surface area contributed by atoms with Gasteiger partial charge >= 0.3 is 0 Å². The van der Waals surface area contributed by atoms with Crippen LogP contribution >= 0.6 is 0 Å². The van der Waals surface area contributed by atoms with E-state index in [2.05, 4.69) is 67.5 Å². The second-order valence-electron chi connectivity index (χ2n) is 6.14. The largest absolute Gasteiger partial charge is 0.392 e. The van der Waals surface area contributed by atoms with Crippen LogP contribution in [-0.4, -0.2) is 14.9 Å². The SMILES string of the molecule is CC(C)c1ccccc1-c1ccc(Cn2cc(CO)cn2)cc1. The molecule has 0 radical (unpaired) electrons. The molecule has 0 aliphatic carbocycles. The molecule has 0 amide bonds. The summed E-state index contributed by atoms with van der Waals surface area (Å²) in [6, 6.07) is 17.2. The van der Waals surface area contributed by atoms with Crippen molar-refractivity contribution in [1.29, 1.82) is 0 Å². The van der Waals surface area contributed by atoms with Crippen molar-refractivity contribution in [3.8, 4) is 11.1 Å². The van der Waals surface area contributed by atoms with E-state index in [4.69, 9.17) is 5.11 Å². The summed E-state index contributed by atoms with van der Waals surface area (Å²) in [4.78, 5) is 0. The Labute approximate surface area is 137 Å². The molecule has 2 aromatic carbocycles. The molecule has 118 valence electrons. The third-order valence-corrected chi connectivity index (χ3v) is 4.06. The smallest absolute Gasteiger partial charge is 0.0712 e. The van der Waals surface area contributed by atoms with Gasteiger partial charge in [0.25, 0.3) is 0 Å². The molecule has 0 fully saturated rings. The molecule has 0 aliphatic rings. The first-order valence-corrected chi connectivity index (χ1v) is 7.98. The Hall–Kier alpha value is -2.39. The fourth-order valence-corrected chi connectivity index (χ4v) is 2.81. The highest BCUT2D eigenvalue weighted by molar-refractivity contribution is 5.68. The highest BCUT2D eigenvalue weighted by Crippen LogP contribution is 2.29. The number of nitrogens with zero attached hydrogens (tertiary/aromatic N) is 2. The summed E-state index contributed by atoms with van der Waals surface area (Å²) in [7, 11) is 0. The minimum absolute atomic E-state index is 0.0327. The molecule has 3 rings (SSSR count). The van der Waals surface area contributed by atoms with Gasteiger partial charge in [-0.3, -0.25) is 4.68 Å². The van der Waals surface area contributed by atoms with E-state index in [1.807, 2.05) is 10.9 Å². The molecule has 0 aliphatic heterocycles. The Morgan fingerprint density at radius 1 is 1.00 bits per heavy atom. The molecule has 1 heterocycles. The second-order valence-corrected chi connectivity index (χ2v) is 6.14.